The Kier molecular flexibility index (Phi) is 5.24. The van der Waals surface area contributed by atoms with Crippen molar-refractivity contribution in [1.29, 1.82) is 0 Å². The molecule has 1 N–H and O–H groups in total. The highest BCUT2D eigenvalue weighted by atomic mass is 28.4. The predicted molar refractivity (Wildman–Crippen MR) is 78.7 cm³/mol. The van der Waals surface area contributed by atoms with E-state index in [1.807, 2.05) is 13.8 Å². The van der Waals surface area contributed by atoms with Gasteiger partial charge in [0.1, 0.15) is 6.10 Å². The summed E-state index contributed by atoms with van der Waals surface area (Å²) in [7, 11) is -1.72. The fraction of sp³-hybridized carbons (Fsp3) is 1.00. The van der Waals surface area contributed by atoms with Crippen LogP contribution in [0.25, 0.3) is 0 Å². The highest BCUT2D eigenvalue weighted by Crippen LogP contribution is 2.36. The summed E-state index contributed by atoms with van der Waals surface area (Å²) in [5, 5.41) is 10.1. The van der Waals surface area contributed by atoms with Crippen LogP contribution < -0.4 is 0 Å². The summed E-state index contributed by atoms with van der Waals surface area (Å²) in [6.07, 6.45) is -0.0509. The molecule has 0 amide bonds. The van der Waals surface area contributed by atoms with Crippen molar-refractivity contribution < 1.29 is 19.0 Å². The third-order valence-electron chi connectivity index (χ3n) is 4.14. The maximum absolute atomic E-state index is 9.90. The Morgan fingerprint density at radius 1 is 1.32 bits per heavy atom. The average Bonchev–Trinajstić information content (AvgIpc) is 2.21. The van der Waals surface area contributed by atoms with Gasteiger partial charge in [-0.25, -0.2) is 0 Å². The monoisotopic (exact) mass is 290 g/mol. The Labute approximate surface area is 118 Å². The van der Waals surface area contributed by atoms with Crippen LogP contribution in [0.5, 0.6) is 0 Å². The Balaban J connectivity index is 2.44. The minimum absolute atomic E-state index is 0.200. The Hall–Kier alpha value is 0.0569. The fourth-order valence-electron chi connectivity index (χ4n) is 1.77. The van der Waals surface area contributed by atoms with Crippen molar-refractivity contribution in [3.63, 3.8) is 0 Å². The molecule has 0 aromatic carbocycles. The molecule has 0 aromatic heterocycles. The molecule has 0 radical (unpaired) electrons. The third-order valence-corrected chi connectivity index (χ3v) is 8.68. The van der Waals surface area contributed by atoms with Gasteiger partial charge >= 0.3 is 0 Å². The zero-order valence-electron chi connectivity index (χ0n) is 13.4. The molecule has 0 aliphatic carbocycles. The molecule has 0 saturated carbocycles. The number of ether oxygens (including phenoxy) is 2. The predicted octanol–water partition coefficient (Wildman–Crippen LogP) is 2.91. The Bertz CT molecular complexity index is 296. The van der Waals surface area contributed by atoms with Crippen LogP contribution in [-0.2, 0) is 13.9 Å². The number of aliphatic hydroxyl groups is 1. The van der Waals surface area contributed by atoms with Crippen LogP contribution >= 0.6 is 0 Å². The maximum atomic E-state index is 9.90. The van der Waals surface area contributed by atoms with Crippen LogP contribution in [0.4, 0.5) is 0 Å². The van der Waals surface area contributed by atoms with E-state index in [1.165, 1.54) is 0 Å². The van der Waals surface area contributed by atoms with E-state index in [0.29, 0.717) is 19.6 Å². The average molecular weight is 290 g/mol. The fourth-order valence-corrected chi connectivity index (χ4v) is 2.83. The summed E-state index contributed by atoms with van der Waals surface area (Å²) < 4.78 is 17.3. The lowest BCUT2D eigenvalue weighted by atomic mass is 10.1. The molecule has 2 atom stereocenters. The highest BCUT2D eigenvalue weighted by molar-refractivity contribution is 6.74. The number of hydrogen-bond acceptors (Lipinski definition) is 4. The van der Waals surface area contributed by atoms with E-state index in [-0.39, 0.29) is 11.1 Å². The SMILES string of the molecule is CC1(C)OC[C@@H](O)C(CCO[Si](C)(C)C(C)(C)C)O1. The molecule has 5 heteroatoms. The Morgan fingerprint density at radius 3 is 2.42 bits per heavy atom. The molecule has 0 aromatic rings. The molecule has 1 heterocycles. The molecule has 0 spiro atoms. The van der Waals surface area contributed by atoms with Crippen molar-refractivity contribution in [2.24, 2.45) is 0 Å². The molecular formula is C14H30O4Si. The molecule has 19 heavy (non-hydrogen) atoms. The van der Waals surface area contributed by atoms with Crippen LogP contribution in [0.3, 0.4) is 0 Å². The van der Waals surface area contributed by atoms with E-state index in [4.69, 9.17) is 13.9 Å². The van der Waals surface area contributed by atoms with Gasteiger partial charge in [-0.05, 0) is 38.4 Å². The summed E-state index contributed by atoms with van der Waals surface area (Å²) >= 11 is 0. The van der Waals surface area contributed by atoms with Gasteiger partial charge in [-0.2, -0.15) is 0 Å². The summed E-state index contributed by atoms with van der Waals surface area (Å²) in [6.45, 7) is 15.9. The van der Waals surface area contributed by atoms with Crippen molar-refractivity contribution in [3.8, 4) is 0 Å². The molecule has 114 valence electrons. The van der Waals surface area contributed by atoms with Crippen LogP contribution in [0, 0.1) is 0 Å². The molecule has 1 fully saturated rings. The van der Waals surface area contributed by atoms with Crippen molar-refractivity contribution in [1.82, 2.24) is 0 Å². The molecule has 1 aliphatic heterocycles. The van der Waals surface area contributed by atoms with E-state index in [2.05, 4.69) is 33.9 Å². The summed E-state index contributed by atoms with van der Waals surface area (Å²) in [5.74, 6) is -0.610. The molecular weight excluding hydrogens is 260 g/mol. The van der Waals surface area contributed by atoms with Crippen molar-refractivity contribution >= 4 is 8.32 Å². The maximum Gasteiger partial charge on any atom is 0.191 e. The zero-order valence-corrected chi connectivity index (χ0v) is 14.4. The second kappa shape index (κ2) is 5.82. The quantitative estimate of drug-likeness (QED) is 0.809. The minimum Gasteiger partial charge on any atom is -0.417 e. The van der Waals surface area contributed by atoms with Gasteiger partial charge in [-0.15, -0.1) is 0 Å². The first-order chi connectivity index (χ1) is 8.45. The third kappa shape index (κ3) is 4.83. The lowest BCUT2D eigenvalue weighted by molar-refractivity contribution is -0.305. The first kappa shape index (κ1) is 17.1. The van der Waals surface area contributed by atoms with E-state index in [9.17, 15) is 5.11 Å². The van der Waals surface area contributed by atoms with Gasteiger partial charge in [0.15, 0.2) is 14.1 Å². The van der Waals surface area contributed by atoms with Gasteiger partial charge in [0, 0.05) is 6.61 Å². The smallest absolute Gasteiger partial charge is 0.191 e. The van der Waals surface area contributed by atoms with Gasteiger partial charge in [-0.3, -0.25) is 0 Å². The van der Waals surface area contributed by atoms with E-state index >= 15 is 0 Å². The molecule has 0 bridgehead atoms. The van der Waals surface area contributed by atoms with Crippen LogP contribution in [0.2, 0.25) is 18.1 Å². The molecule has 1 rings (SSSR count). The molecule has 1 unspecified atom stereocenters. The summed E-state index contributed by atoms with van der Waals surface area (Å²) in [4.78, 5) is 0. The minimum atomic E-state index is -1.72. The largest absolute Gasteiger partial charge is 0.417 e. The molecule has 4 nitrogen and oxygen atoms in total. The van der Waals surface area contributed by atoms with Crippen LogP contribution in [-0.4, -0.2) is 44.6 Å². The molecule has 1 aliphatic rings. The van der Waals surface area contributed by atoms with E-state index in [1.54, 1.807) is 0 Å². The molecule has 1 saturated heterocycles. The van der Waals surface area contributed by atoms with Crippen LogP contribution in [0.15, 0.2) is 0 Å². The zero-order chi connectivity index (χ0) is 14.9. The van der Waals surface area contributed by atoms with Gasteiger partial charge < -0.3 is 19.0 Å². The first-order valence-corrected chi connectivity index (χ1v) is 9.99. The second-order valence-electron chi connectivity index (χ2n) is 7.33. The van der Waals surface area contributed by atoms with Gasteiger partial charge in [0.2, 0.25) is 0 Å². The number of rotatable bonds is 4. The topological polar surface area (TPSA) is 47.9 Å². The number of hydrogen-bond donors (Lipinski definition) is 1. The van der Waals surface area contributed by atoms with Crippen LogP contribution in [0.1, 0.15) is 41.0 Å². The van der Waals surface area contributed by atoms with Crippen molar-refractivity contribution in [2.45, 2.75) is 77.2 Å². The lowest BCUT2D eigenvalue weighted by Gasteiger charge is -2.40. The number of aliphatic hydroxyl groups excluding tert-OH is 1. The normalized spacial score (nSPS) is 28.4. The van der Waals surface area contributed by atoms with Gasteiger partial charge in [0.25, 0.3) is 0 Å². The first-order valence-electron chi connectivity index (χ1n) is 7.08. The lowest BCUT2D eigenvalue weighted by Crippen LogP contribution is -2.49. The van der Waals surface area contributed by atoms with Gasteiger partial charge in [-0.1, -0.05) is 20.8 Å². The van der Waals surface area contributed by atoms with Crippen molar-refractivity contribution in [2.75, 3.05) is 13.2 Å². The Morgan fingerprint density at radius 2 is 1.89 bits per heavy atom. The highest BCUT2D eigenvalue weighted by Gasteiger charge is 2.39. The van der Waals surface area contributed by atoms with Crippen molar-refractivity contribution in [3.05, 3.63) is 0 Å². The van der Waals surface area contributed by atoms with Gasteiger partial charge in [0.05, 0.1) is 12.7 Å². The van der Waals surface area contributed by atoms with E-state index < -0.39 is 20.2 Å². The standard InChI is InChI=1S/C14H30O4Si/c1-13(2,3)19(6,7)17-9-8-12-11(15)10-16-14(4,5)18-12/h11-12,15H,8-10H2,1-7H3/t11-,12?/m1/s1. The van der Waals surface area contributed by atoms with E-state index in [0.717, 1.165) is 0 Å². The summed E-state index contributed by atoms with van der Waals surface area (Å²) in [6, 6.07) is 0. The summed E-state index contributed by atoms with van der Waals surface area (Å²) in [5.41, 5.74) is 0. The second-order valence-corrected chi connectivity index (χ2v) is 12.1.